The van der Waals surface area contributed by atoms with Gasteiger partial charge in [-0.15, -0.1) is 0 Å². The fourth-order valence-corrected chi connectivity index (χ4v) is 2.82. The van der Waals surface area contributed by atoms with Crippen LogP contribution in [0.5, 0.6) is 0 Å². The molecule has 0 aliphatic heterocycles. The van der Waals surface area contributed by atoms with Gasteiger partial charge in [-0.1, -0.05) is 54.6 Å². The van der Waals surface area contributed by atoms with Crippen molar-refractivity contribution >= 4 is 37.7 Å². The molecule has 21 heavy (non-hydrogen) atoms. The van der Waals surface area contributed by atoms with E-state index in [4.69, 9.17) is 4.98 Å². The van der Waals surface area contributed by atoms with E-state index in [9.17, 15) is 0 Å². The molecule has 0 bridgehead atoms. The van der Waals surface area contributed by atoms with Crippen LogP contribution < -0.4 is 0 Å². The lowest BCUT2D eigenvalue weighted by molar-refractivity contribution is 1.34. The van der Waals surface area contributed by atoms with E-state index >= 15 is 0 Å². The van der Waals surface area contributed by atoms with Crippen molar-refractivity contribution < 1.29 is 0 Å². The van der Waals surface area contributed by atoms with Crippen LogP contribution in [0.4, 0.5) is 0 Å². The molecule has 2 aromatic heterocycles. The molecule has 0 aliphatic rings. The normalized spacial score (nSPS) is 11.1. The van der Waals surface area contributed by atoms with Gasteiger partial charge in [0.2, 0.25) is 0 Å². The average Bonchev–Trinajstić information content (AvgIpc) is 2.55. The molecule has 0 unspecified atom stereocenters. The second kappa shape index (κ2) is 4.93. The number of hydrogen-bond donors (Lipinski definition) is 0. The van der Waals surface area contributed by atoms with Gasteiger partial charge in [-0.05, 0) is 28.1 Å². The third-order valence-electron chi connectivity index (χ3n) is 3.56. The Morgan fingerprint density at radius 1 is 0.619 bits per heavy atom. The first-order valence-corrected chi connectivity index (χ1v) is 7.52. The number of halogens is 1. The Kier molecular flexibility index (Phi) is 2.93. The number of fused-ring (bicyclic) bond motifs is 3. The van der Waals surface area contributed by atoms with Crippen LogP contribution in [-0.4, -0.2) is 9.97 Å². The van der Waals surface area contributed by atoms with Crippen molar-refractivity contribution in [2.24, 2.45) is 0 Å². The van der Waals surface area contributed by atoms with Crippen molar-refractivity contribution in [3.8, 4) is 11.3 Å². The largest absolute Gasteiger partial charge is 0.245 e. The van der Waals surface area contributed by atoms with Crippen molar-refractivity contribution in [3.05, 3.63) is 71.3 Å². The summed E-state index contributed by atoms with van der Waals surface area (Å²) in [6, 6.07) is 22.6. The Morgan fingerprint density at radius 2 is 1.24 bits per heavy atom. The first kappa shape index (κ1) is 12.5. The predicted molar refractivity (Wildman–Crippen MR) is 90.2 cm³/mol. The van der Waals surface area contributed by atoms with Gasteiger partial charge in [0.25, 0.3) is 0 Å². The van der Waals surface area contributed by atoms with Gasteiger partial charge in [0.1, 0.15) is 4.60 Å². The summed E-state index contributed by atoms with van der Waals surface area (Å²) in [4.78, 5) is 9.42. The van der Waals surface area contributed by atoms with Crippen LogP contribution >= 0.6 is 15.9 Å². The summed E-state index contributed by atoms with van der Waals surface area (Å²) in [6.45, 7) is 0. The number of nitrogens with zero attached hydrogens (tertiary/aromatic N) is 2. The minimum absolute atomic E-state index is 0.828. The fourth-order valence-electron chi connectivity index (χ4n) is 2.51. The smallest absolute Gasteiger partial charge is 0.106 e. The minimum atomic E-state index is 0.828. The second-order valence-electron chi connectivity index (χ2n) is 4.91. The summed E-state index contributed by atoms with van der Waals surface area (Å²) in [5.74, 6) is 0. The number of pyridine rings is 2. The summed E-state index contributed by atoms with van der Waals surface area (Å²) < 4.78 is 0.828. The van der Waals surface area contributed by atoms with Crippen LogP contribution in [0.15, 0.2) is 71.3 Å². The molecule has 4 aromatic rings. The molecule has 2 heterocycles. The molecule has 100 valence electrons. The van der Waals surface area contributed by atoms with E-state index in [1.807, 2.05) is 24.3 Å². The zero-order valence-electron chi connectivity index (χ0n) is 11.1. The van der Waals surface area contributed by atoms with Crippen molar-refractivity contribution in [2.45, 2.75) is 0 Å². The number of aromatic nitrogens is 2. The molecule has 0 spiro atoms. The molecule has 0 atom stereocenters. The average molecular weight is 335 g/mol. The quantitative estimate of drug-likeness (QED) is 0.352. The molecule has 0 saturated heterocycles. The monoisotopic (exact) mass is 334 g/mol. The van der Waals surface area contributed by atoms with Crippen molar-refractivity contribution in [3.63, 3.8) is 0 Å². The Morgan fingerprint density at radius 3 is 2.00 bits per heavy atom. The Labute approximate surface area is 130 Å². The summed E-state index contributed by atoms with van der Waals surface area (Å²) in [6.07, 6.45) is 0. The lowest BCUT2D eigenvalue weighted by Gasteiger charge is -2.06. The van der Waals surface area contributed by atoms with Crippen LogP contribution in [0.25, 0.3) is 33.1 Å². The molecule has 2 aromatic carbocycles. The van der Waals surface area contributed by atoms with E-state index in [0.29, 0.717) is 0 Å². The van der Waals surface area contributed by atoms with E-state index in [-0.39, 0.29) is 0 Å². The Hall–Kier alpha value is -2.26. The van der Waals surface area contributed by atoms with Gasteiger partial charge >= 0.3 is 0 Å². The van der Waals surface area contributed by atoms with Gasteiger partial charge in [-0.3, -0.25) is 0 Å². The van der Waals surface area contributed by atoms with E-state index in [2.05, 4.69) is 63.4 Å². The molecule has 0 N–H and O–H groups in total. The van der Waals surface area contributed by atoms with Crippen molar-refractivity contribution in [2.75, 3.05) is 0 Å². The van der Waals surface area contributed by atoms with Crippen molar-refractivity contribution in [1.29, 1.82) is 0 Å². The molecule has 0 saturated carbocycles. The summed E-state index contributed by atoms with van der Waals surface area (Å²) in [7, 11) is 0. The lowest BCUT2D eigenvalue weighted by Crippen LogP contribution is -1.89. The second-order valence-corrected chi connectivity index (χ2v) is 5.72. The van der Waals surface area contributed by atoms with E-state index in [1.54, 1.807) is 0 Å². The maximum Gasteiger partial charge on any atom is 0.106 e. The predicted octanol–water partition coefficient (Wildman–Crippen LogP) is 5.21. The highest BCUT2D eigenvalue weighted by Crippen LogP contribution is 2.27. The van der Waals surface area contributed by atoms with Gasteiger partial charge in [0, 0.05) is 16.3 Å². The van der Waals surface area contributed by atoms with Gasteiger partial charge in [-0.25, -0.2) is 9.97 Å². The third-order valence-corrected chi connectivity index (χ3v) is 4.00. The highest BCUT2D eigenvalue weighted by molar-refractivity contribution is 9.10. The fraction of sp³-hybridized carbons (Fsp3) is 0. The van der Waals surface area contributed by atoms with Gasteiger partial charge in [0.15, 0.2) is 0 Å². The number of benzene rings is 2. The Balaban J connectivity index is 2.05. The highest BCUT2D eigenvalue weighted by Gasteiger charge is 2.06. The summed E-state index contributed by atoms with van der Waals surface area (Å²) in [5.41, 5.74) is 3.96. The third kappa shape index (κ3) is 2.20. The lowest BCUT2D eigenvalue weighted by atomic mass is 10.1. The topological polar surface area (TPSA) is 25.8 Å². The highest BCUT2D eigenvalue weighted by atomic mass is 79.9. The molecule has 4 rings (SSSR count). The minimum Gasteiger partial charge on any atom is -0.245 e. The molecular formula is C18H11BrN2. The molecule has 3 heteroatoms. The van der Waals surface area contributed by atoms with Crippen LogP contribution in [0.2, 0.25) is 0 Å². The van der Waals surface area contributed by atoms with Crippen LogP contribution in [0.1, 0.15) is 0 Å². The van der Waals surface area contributed by atoms with Gasteiger partial charge < -0.3 is 0 Å². The number of hydrogen-bond acceptors (Lipinski definition) is 2. The maximum atomic E-state index is 4.83. The molecular weight excluding hydrogens is 324 g/mol. The van der Waals surface area contributed by atoms with Crippen LogP contribution in [-0.2, 0) is 0 Å². The van der Waals surface area contributed by atoms with E-state index in [0.717, 1.165) is 37.7 Å². The molecule has 0 amide bonds. The van der Waals surface area contributed by atoms with Crippen LogP contribution in [0, 0.1) is 0 Å². The SMILES string of the molecule is Brc1ccc2ccc3ccc(-c4ccccc4)nc3c2n1. The number of rotatable bonds is 1. The zero-order chi connectivity index (χ0) is 14.2. The van der Waals surface area contributed by atoms with Crippen molar-refractivity contribution in [1.82, 2.24) is 9.97 Å². The van der Waals surface area contributed by atoms with E-state index in [1.165, 1.54) is 0 Å². The molecule has 2 nitrogen and oxygen atoms in total. The summed E-state index contributed by atoms with van der Waals surface area (Å²) >= 11 is 3.44. The van der Waals surface area contributed by atoms with Gasteiger partial charge in [0.05, 0.1) is 16.7 Å². The Bertz CT molecular complexity index is 949. The summed E-state index contributed by atoms with van der Waals surface area (Å²) in [5, 5.41) is 2.20. The zero-order valence-corrected chi connectivity index (χ0v) is 12.7. The van der Waals surface area contributed by atoms with Gasteiger partial charge in [-0.2, -0.15) is 0 Å². The molecule has 0 radical (unpaired) electrons. The van der Waals surface area contributed by atoms with E-state index < -0.39 is 0 Å². The molecule has 0 fully saturated rings. The first-order valence-electron chi connectivity index (χ1n) is 6.73. The maximum absolute atomic E-state index is 4.83. The van der Waals surface area contributed by atoms with Crippen LogP contribution in [0.3, 0.4) is 0 Å². The molecule has 0 aliphatic carbocycles. The first-order chi connectivity index (χ1) is 10.3. The standard InChI is InChI=1S/C18H11BrN2/c19-16-11-9-14-7-6-13-8-10-15(12-4-2-1-3-5-12)20-17(13)18(14)21-16/h1-11H.